The van der Waals surface area contributed by atoms with E-state index in [1.807, 2.05) is 30.3 Å². The summed E-state index contributed by atoms with van der Waals surface area (Å²) in [7, 11) is 0. The van der Waals surface area contributed by atoms with Gasteiger partial charge in [0.05, 0.1) is 17.1 Å². The number of rotatable bonds is 5. The fourth-order valence-electron chi connectivity index (χ4n) is 3.52. The first kappa shape index (κ1) is 18.6. The smallest absolute Gasteiger partial charge is 0.255 e. The monoisotopic (exact) mass is 391 g/mol. The number of aromatic nitrogens is 4. The van der Waals surface area contributed by atoms with Crippen LogP contribution < -0.4 is 16.0 Å². The van der Waals surface area contributed by atoms with Crippen LogP contribution in [-0.4, -0.2) is 45.1 Å². The molecule has 1 aliphatic heterocycles. The SMILES string of the molecule is NC(=O)C1CCN(c2ccccc2NC(=O)c2cccc(-n3cnnn3)c2)CC1. The van der Waals surface area contributed by atoms with Gasteiger partial charge >= 0.3 is 0 Å². The van der Waals surface area contributed by atoms with E-state index in [2.05, 4.69) is 25.7 Å². The molecule has 4 rings (SSSR count). The van der Waals surface area contributed by atoms with Crippen molar-refractivity contribution in [1.82, 2.24) is 20.2 Å². The molecule has 0 atom stereocenters. The van der Waals surface area contributed by atoms with Crippen LogP contribution in [0.1, 0.15) is 23.2 Å². The van der Waals surface area contributed by atoms with Gasteiger partial charge in [0.25, 0.3) is 5.91 Å². The second-order valence-corrected chi connectivity index (χ2v) is 6.94. The highest BCUT2D eigenvalue weighted by Crippen LogP contribution is 2.30. The third-order valence-electron chi connectivity index (χ3n) is 5.11. The normalized spacial score (nSPS) is 14.6. The number of benzene rings is 2. The summed E-state index contributed by atoms with van der Waals surface area (Å²) in [5.41, 5.74) is 8.28. The number of piperidine rings is 1. The second kappa shape index (κ2) is 8.09. The van der Waals surface area contributed by atoms with Gasteiger partial charge in [-0.25, -0.2) is 4.68 Å². The molecule has 9 nitrogen and oxygen atoms in total. The summed E-state index contributed by atoms with van der Waals surface area (Å²) in [6.07, 6.45) is 2.90. The Bertz CT molecular complexity index is 1010. The van der Waals surface area contributed by atoms with Crippen LogP contribution in [0.3, 0.4) is 0 Å². The first-order chi connectivity index (χ1) is 14.1. The first-order valence-corrected chi connectivity index (χ1v) is 9.40. The Morgan fingerprint density at radius 1 is 1.07 bits per heavy atom. The standard InChI is InChI=1S/C20H21N7O2/c21-19(28)14-8-10-26(11-9-14)18-7-2-1-6-17(18)23-20(29)15-4-3-5-16(12-15)27-13-22-24-25-27/h1-7,12-14H,8-11H2,(H2,21,28)(H,23,29). The van der Waals surface area contributed by atoms with Crippen molar-refractivity contribution < 1.29 is 9.59 Å². The zero-order valence-electron chi connectivity index (χ0n) is 15.7. The molecule has 3 aromatic rings. The molecule has 0 aliphatic carbocycles. The highest BCUT2D eigenvalue weighted by Gasteiger charge is 2.24. The van der Waals surface area contributed by atoms with E-state index in [9.17, 15) is 9.59 Å². The predicted molar refractivity (Wildman–Crippen MR) is 108 cm³/mol. The summed E-state index contributed by atoms with van der Waals surface area (Å²) in [4.78, 5) is 26.4. The fourth-order valence-corrected chi connectivity index (χ4v) is 3.52. The minimum absolute atomic E-state index is 0.0815. The van der Waals surface area contributed by atoms with Gasteiger partial charge in [-0.3, -0.25) is 9.59 Å². The Balaban J connectivity index is 1.51. The molecule has 9 heteroatoms. The second-order valence-electron chi connectivity index (χ2n) is 6.94. The number of primary amides is 1. The summed E-state index contributed by atoms with van der Waals surface area (Å²) in [6, 6.07) is 14.7. The lowest BCUT2D eigenvalue weighted by Gasteiger charge is -2.33. The lowest BCUT2D eigenvalue weighted by molar-refractivity contribution is -0.122. The molecule has 3 N–H and O–H groups in total. The van der Waals surface area contributed by atoms with Gasteiger partial charge in [-0.2, -0.15) is 0 Å². The van der Waals surface area contributed by atoms with Crippen LogP contribution in [-0.2, 0) is 4.79 Å². The largest absolute Gasteiger partial charge is 0.370 e. The van der Waals surface area contributed by atoms with Gasteiger partial charge in [-0.05, 0) is 53.6 Å². The molecule has 1 aliphatic rings. The van der Waals surface area contributed by atoms with Gasteiger partial charge in [0.2, 0.25) is 5.91 Å². The zero-order chi connectivity index (χ0) is 20.2. The van der Waals surface area contributed by atoms with Gasteiger partial charge in [0.1, 0.15) is 6.33 Å². The van der Waals surface area contributed by atoms with Crippen molar-refractivity contribution in [2.75, 3.05) is 23.3 Å². The van der Waals surface area contributed by atoms with Crippen LogP contribution in [0.4, 0.5) is 11.4 Å². The Labute approximate surface area is 167 Å². The van der Waals surface area contributed by atoms with Crippen molar-refractivity contribution in [2.24, 2.45) is 11.7 Å². The highest BCUT2D eigenvalue weighted by molar-refractivity contribution is 6.06. The van der Waals surface area contributed by atoms with Crippen LogP contribution in [0, 0.1) is 5.92 Å². The van der Waals surface area contributed by atoms with E-state index in [-0.39, 0.29) is 17.7 Å². The van der Waals surface area contributed by atoms with E-state index in [0.29, 0.717) is 24.1 Å². The Morgan fingerprint density at radius 3 is 2.59 bits per heavy atom. The van der Waals surface area contributed by atoms with Crippen molar-refractivity contribution in [2.45, 2.75) is 12.8 Å². The molecule has 0 saturated carbocycles. The number of amides is 2. The van der Waals surface area contributed by atoms with Crippen LogP contribution in [0.15, 0.2) is 54.9 Å². The number of nitrogens with two attached hydrogens (primary N) is 1. The zero-order valence-corrected chi connectivity index (χ0v) is 15.7. The molecule has 0 spiro atoms. The molecule has 1 aromatic heterocycles. The van der Waals surface area contributed by atoms with E-state index in [4.69, 9.17) is 5.73 Å². The summed E-state index contributed by atoms with van der Waals surface area (Å²) >= 11 is 0. The van der Waals surface area contributed by atoms with Gasteiger partial charge in [0.15, 0.2) is 0 Å². The number of hydrogen-bond donors (Lipinski definition) is 2. The van der Waals surface area contributed by atoms with Gasteiger partial charge in [-0.1, -0.05) is 18.2 Å². The number of nitrogens with zero attached hydrogens (tertiary/aromatic N) is 5. The van der Waals surface area contributed by atoms with Crippen molar-refractivity contribution in [3.8, 4) is 5.69 Å². The Kier molecular flexibility index (Phi) is 5.19. The Morgan fingerprint density at radius 2 is 1.86 bits per heavy atom. The molecule has 148 valence electrons. The third kappa shape index (κ3) is 4.08. The van der Waals surface area contributed by atoms with Crippen LogP contribution >= 0.6 is 0 Å². The molecule has 29 heavy (non-hydrogen) atoms. The summed E-state index contributed by atoms with van der Waals surface area (Å²) < 4.78 is 1.49. The van der Waals surface area contributed by atoms with Gasteiger partial charge in [0, 0.05) is 24.6 Å². The van der Waals surface area contributed by atoms with Crippen molar-refractivity contribution in [1.29, 1.82) is 0 Å². The lowest BCUT2D eigenvalue weighted by atomic mass is 9.96. The minimum Gasteiger partial charge on any atom is -0.370 e. The van der Waals surface area contributed by atoms with Crippen LogP contribution in [0.25, 0.3) is 5.69 Å². The molecule has 0 unspecified atom stereocenters. The highest BCUT2D eigenvalue weighted by atomic mass is 16.2. The molecule has 2 amide bonds. The number of carbonyl (C=O) groups is 2. The molecular formula is C20H21N7O2. The third-order valence-corrected chi connectivity index (χ3v) is 5.11. The number of anilines is 2. The average Bonchev–Trinajstić information content (AvgIpc) is 3.29. The maximum Gasteiger partial charge on any atom is 0.255 e. The Hall–Kier alpha value is -3.75. The first-order valence-electron chi connectivity index (χ1n) is 9.40. The fraction of sp³-hybridized carbons (Fsp3) is 0.250. The van der Waals surface area contributed by atoms with Crippen molar-refractivity contribution >= 4 is 23.2 Å². The van der Waals surface area contributed by atoms with E-state index in [1.54, 1.807) is 18.2 Å². The van der Waals surface area contributed by atoms with Crippen LogP contribution in [0.2, 0.25) is 0 Å². The molecule has 0 radical (unpaired) electrons. The average molecular weight is 391 g/mol. The van der Waals surface area contributed by atoms with E-state index < -0.39 is 0 Å². The predicted octanol–water partition coefficient (Wildman–Crippen LogP) is 1.62. The maximum atomic E-state index is 12.9. The number of carbonyl (C=O) groups excluding carboxylic acids is 2. The summed E-state index contributed by atoms with van der Waals surface area (Å²) in [6.45, 7) is 1.44. The van der Waals surface area contributed by atoms with Gasteiger partial charge < -0.3 is 16.0 Å². The van der Waals surface area contributed by atoms with E-state index >= 15 is 0 Å². The van der Waals surface area contributed by atoms with Crippen molar-refractivity contribution in [3.05, 3.63) is 60.4 Å². The molecule has 2 heterocycles. The van der Waals surface area contributed by atoms with E-state index in [0.717, 1.165) is 24.5 Å². The molecular weight excluding hydrogens is 370 g/mol. The summed E-state index contributed by atoms with van der Waals surface area (Å²) in [5.74, 6) is -0.546. The summed E-state index contributed by atoms with van der Waals surface area (Å²) in [5, 5.41) is 14.1. The van der Waals surface area contributed by atoms with Crippen molar-refractivity contribution in [3.63, 3.8) is 0 Å². The molecule has 1 fully saturated rings. The van der Waals surface area contributed by atoms with Gasteiger partial charge in [-0.15, -0.1) is 5.10 Å². The number of para-hydroxylation sites is 2. The minimum atomic E-state index is -0.242. The molecule has 2 aromatic carbocycles. The number of nitrogens with one attached hydrogen (secondary N) is 1. The van der Waals surface area contributed by atoms with E-state index in [1.165, 1.54) is 11.0 Å². The van der Waals surface area contributed by atoms with Crippen LogP contribution in [0.5, 0.6) is 0 Å². The topological polar surface area (TPSA) is 119 Å². The molecule has 1 saturated heterocycles. The lowest BCUT2D eigenvalue weighted by Crippen LogP contribution is -2.38. The number of hydrogen-bond acceptors (Lipinski definition) is 6. The maximum absolute atomic E-state index is 12.9. The number of tetrazole rings is 1. The quantitative estimate of drug-likeness (QED) is 0.682. The molecule has 0 bridgehead atoms.